The van der Waals surface area contributed by atoms with Gasteiger partial charge < -0.3 is 14.6 Å². The van der Waals surface area contributed by atoms with Gasteiger partial charge in [-0.05, 0) is 54.1 Å². The maximum atomic E-state index is 11.6. The van der Waals surface area contributed by atoms with Crippen LogP contribution in [0.4, 0.5) is 4.79 Å². The number of aliphatic hydroxyl groups excluding tert-OH is 1. The van der Waals surface area contributed by atoms with Crippen LogP contribution in [-0.4, -0.2) is 35.6 Å². The number of hydrogen-bond acceptors (Lipinski definition) is 6. The van der Waals surface area contributed by atoms with Crippen molar-refractivity contribution in [3.63, 3.8) is 0 Å². The lowest BCUT2D eigenvalue weighted by Gasteiger charge is -2.17. The van der Waals surface area contributed by atoms with Crippen molar-refractivity contribution < 1.29 is 24.2 Å². The summed E-state index contributed by atoms with van der Waals surface area (Å²) in [6, 6.07) is 10.4. The third kappa shape index (κ3) is 6.40. The number of carbonyl (C=O) groups excluding carboxylic acids is 2. The molecule has 31 heavy (non-hydrogen) atoms. The Labute approximate surface area is 194 Å². The van der Waals surface area contributed by atoms with Gasteiger partial charge in [0.1, 0.15) is 30.8 Å². The first-order valence-corrected chi connectivity index (χ1v) is 11.2. The molecule has 2 aromatic carbocycles. The number of imide groups is 1. The summed E-state index contributed by atoms with van der Waals surface area (Å²) < 4.78 is 11.3. The number of benzene rings is 2. The third-order valence-electron chi connectivity index (χ3n) is 4.35. The van der Waals surface area contributed by atoms with E-state index in [1.807, 2.05) is 6.92 Å². The van der Waals surface area contributed by atoms with Crippen molar-refractivity contribution in [3.8, 4) is 11.5 Å². The molecule has 0 aliphatic carbocycles. The Hall–Kier alpha value is -2.19. The maximum Gasteiger partial charge on any atom is 0.290 e. The Morgan fingerprint density at radius 3 is 2.45 bits per heavy atom. The molecule has 1 aliphatic heterocycles. The molecule has 6 nitrogen and oxygen atoms in total. The fraction of sp³-hybridized carbons (Fsp3) is 0.273. The van der Waals surface area contributed by atoms with Gasteiger partial charge in [-0.15, -0.1) is 0 Å². The molecule has 0 aromatic heterocycles. The smallest absolute Gasteiger partial charge is 0.290 e. The predicted octanol–water partition coefficient (Wildman–Crippen LogP) is 5.09. The Morgan fingerprint density at radius 2 is 1.81 bits per heavy atom. The molecule has 0 radical (unpaired) electrons. The zero-order valence-corrected chi connectivity index (χ0v) is 19.0. The fourth-order valence-electron chi connectivity index (χ4n) is 2.85. The number of amides is 2. The highest BCUT2D eigenvalue weighted by atomic mass is 35.5. The van der Waals surface area contributed by atoms with E-state index < -0.39 is 12.0 Å². The number of halogens is 2. The van der Waals surface area contributed by atoms with Crippen molar-refractivity contribution in [1.29, 1.82) is 0 Å². The summed E-state index contributed by atoms with van der Waals surface area (Å²) in [5, 5.41) is 13.0. The van der Waals surface area contributed by atoms with Gasteiger partial charge in [0.15, 0.2) is 0 Å². The van der Waals surface area contributed by atoms with Crippen molar-refractivity contribution in [2.45, 2.75) is 25.9 Å². The van der Waals surface area contributed by atoms with Crippen LogP contribution in [0.25, 0.3) is 6.08 Å². The van der Waals surface area contributed by atoms with Gasteiger partial charge in [0.25, 0.3) is 11.1 Å². The molecule has 2 N–H and O–H groups in total. The average Bonchev–Trinajstić information content (AvgIpc) is 3.07. The van der Waals surface area contributed by atoms with Gasteiger partial charge in [-0.2, -0.15) is 0 Å². The molecule has 9 heteroatoms. The standard InChI is InChI=1S/C22H21Cl2NO5S/c1-2-3-16-18(9-8-17(23)20(16)24)30-12-14(26)11-29-15-6-4-13(5-7-15)10-19-21(27)25-22(28)31-19/h4-10,14,26H,2-3,11-12H2,1H3,(H,25,27,28). The van der Waals surface area contributed by atoms with Crippen LogP contribution in [0.15, 0.2) is 41.3 Å². The van der Waals surface area contributed by atoms with Crippen LogP contribution in [0.2, 0.25) is 10.0 Å². The van der Waals surface area contributed by atoms with Gasteiger partial charge >= 0.3 is 0 Å². The quantitative estimate of drug-likeness (QED) is 0.485. The van der Waals surface area contributed by atoms with Crippen LogP contribution in [0.3, 0.4) is 0 Å². The molecular weight excluding hydrogens is 461 g/mol. The Morgan fingerprint density at radius 1 is 1.10 bits per heavy atom. The van der Waals surface area contributed by atoms with Gasteiger partial charge in [-0.25, -0.2) is 0 Å². The van der Waals surface area contributed by atoms with Crippen LogP contribution in [0, 0.1) is 0 Å². The van der Waals surface area contributed by atoms with Crippen molar-refractivity contribution in [2.75, 3.05) is 13.2 Å². The van der Waals surface area contributed by atoms with E-state index in [1.54, 1.807) is 42.5 Å². The molecule has 1 heterocycles. The van der Waals surface area contributed by atoms with Crippen LogP contribution in [0.1, 0.15) is 24.5 Å². The maximum absolute atomic E-state index is 11.6. The van der Waals surface area contributed by atoms with E-state index in [9.17, 15) is 14.7 Å². The molecular formula is C22H21Cl2NO5S. The monoisotopic (exact) mass is 481 g/mol. The molecule has 1 unspecified atom stereocenters. The van der Waals surface area contributed by atoms with E-state index in [4.69, 9.17) is 32.7 Å². The first kappa shape index (κ1) is 23.5. The lowest BCUT2D eigenvalue weighted by Crippen LogP contribution is -2.25. The van der Waals surface area contributed by atoms with Crippen molar-refractivity contribution in [2.24, 2.45) is 0 Å². The Kier molecular flexibility index (Phi) is 8.26. The second-order valence-electron chi connectivity index (χ2n) is 6.79. The predicted molar refractivity (Wildman–Crippen MR) is 123 cm³/mol. The normalized spacial score (nSPS) is 15.8. The van der Waals surface area contributed by atoms with Gasteiger partial charge in [0.2, 0.25) is 0 Å². The molecule has 0 bridgehead atoms. The number of ether oxygens (including phenoxy) is 2. The topological polar surface area (TPSA) is 84.9 Å². The lowest BCUT2D eigenvalue weighted by atomic mass is 10.1. The average molecular weight is 482 g/mol. The van der Waals surface area contributed by atoms with E-state index in [2.05, 4.69) is 5.32 Å². The molecule has 1 fully saturated rings. The van der Waals surface area contributed by atoms with Gasteiger partial charge in [0, 0.05) is 5.56 Å². The number of nitrogens with one attached hydrogen (secondary N) is 1. The third-order valence-corrected chi connectivity index (χ3v) is 6.00. The van der Waals surface area contributed by atoms with Crippen molar-refractivity contribution in [1.82, 2.24) is 5.32 Å². The molecule has 0 saturated carbocycles. The lowest BCUT2D eigenvalue weighted by molar-refractivity contribution is -0.115. The highest BCUT2D eigenvalue weighted by Crippen LogP contribution is 2.34. The molecule has 2 amide bonds. The Bertz CT molecular complexity index is 994. The molecule has 2 aromatic rings. The van der Waals surface area contributed by atoms with Gasteiger partial charge in [-0.1, -0.05) is 48.7 Å². The Balaban J connectivity index is 1.52. The minimum Gasteiger partial charge on any atom is -0.491 e. The number of carbonyl (C=O) groups is 2. The minimum absolute atomic E-state index is 0.0393. The van der Waals surface area contributed by atoms with E-state index in [0.29, 0.717) is 26.4 Å². The highest BCUT2D eigenvalue weighted by molar-refractivity contribution is 8.18. The van der Waals surface area contributed by atoms with Crippen LogP contribution >= 0.6 is 35.0 Å². The molecule has 1 saturated heterocycles. The van der Waals surface area contributed by atoms with E-state index >= 15 is 0 Å². The fourth-order valence-corrected chi connectivity index (χ4v) is 3.96. The molecule has 0 spiro atoms. The number of hydrogen-bond donors (Lipinski definition) is 2. The number of rotatable bonds is 9. The zero-order valence-electron chi connectivity index (χ0n) is 16.7. The summed E-state index contributed by atoms with van der Waals surface area (Å²) in [5.74, 6) is 0.754. The summed E-state index contributed by atoms with van der Waals surface area (Å²) in [6.07, 6.45) is 2.38. The van der Waals surface area contributed by atoms with Crippen molar-refractivity contribution >= 4 is 52.2 Å². The second-order valence-corrected chi connectivity index (χ2v) is 8.59. The zero-order chi connectivity index (χ0) is 22.4. The number of aliphatic hydroxyl groups is 1. The van der Waals surface area contributed by atoms with E-state index in [-0.39, 0.29) is 18.5 Å². The first-order chi connectivity index (χ1) is 14.9. The minimum atomic E-state index is -0.852. The SMILES string of the molecule is CCCc1c(OCC(O)COc2ccc(C=C3SC(=O)NC3=O)cc2)ccc(Cl)c1Cl. The molecule has 3 rings (SSSR count). The second kappa shape index (κ2) is 10.9. The summed E-state index contributed by atoms with van der Waals surface area (Å²) in [5.41, 5.74) is 1.58. The molecule has 164 valence electrons. The summed E-state index contributed by atoms with van der Waals surface area (Å²) >= 11 is 13.2. The largest absolute Gasteiger partial charge is 0.491 e. The molecule has 1 atom stereocenters. The number of thioether (sulfide) groups is 1. The van der Waals surface area contributed by atoms with Crippen LogP contribution in [0.5, 0.6) is 11.5 Å². The van der Waals surface area contributed by atoms with Gasteiger partial charge in [0.05, 0.1) is 15.0 Å². The van der Waals surface area contributed by atoms with Gasteiger partial charge in [-0.3, -0.25) is 14.9 Å². The first-order valence-electron chi connectivity index (χ1n) is 9.62. The van der Waals surface area contributed by atoms with Crippen LogP contribution in [-0.2, 0) is 11.2 Å². The van der Waals surface area contributed by atoms with Crippen molar-refractivity contribution in [3.05, 3.63) is 62.5 Å². The van der Waals surface area contributed by atoms with E-state index in [1.165, 1.54) is 0 Å². The summed E-state index contributed by atoms with van der Waals surface area (Å²) in [4.78, 5) is 23.1. The summed E-state index contributed by atoms with van der Waals surface area (Å²) in [7, 11) is 0. The highest BCUT2D eigenvalue weighted by Gasteiger charge is 2.24. The summed E-state index contributed by atoms with van der Waals surface area (Å²) in [6.45, 7) is 2.11. The van der Waals surface area contributed by atoms with Crippen LogP contribution < -0.4 is 14.8 Å². The van der Waals surface area contributed by atoms with E-state index in [0.717, 1.165) is 35.7 Å². The molecule has 1 aliphatic rings.